The number of H-pyrrole nitrogens is 1. The zero-order valence-corrected chi connectivity index (χ0v) is 17.3. The number of fused-ring (bicyclic) bond motifs is 1. The molecule has 2 aromatic heterocycles. The van der Waals surface area contributed by atoms with E-state index in [1.54, 1.807) is 13.0 Å². The minimum atomic E-state index is -3.67. The second kappa shape index (κ2) is 7.02. The molecule has 2 heterocycles. The van der Waals surface area contributed by atoms with Crippen LogP contribution in [0.2, 0.25) is 0 Å². The number of hydrogen-bond acceptors (Lipinski definition) is 5. The van der Waals surface area contributed by atoms with Gasteiger partial charge in [0.05, 0.1) is 4.90 Å². The molecule has 0 radical (unpaired) electrons. The van der Waals surface area contributed by atoms with Crippen LogP contribution in [0.25, 0.3) is 11.2 Å². The third-order valence-corrected chi connectivity index (χ3v) is 6.48. The Balaban J connectivity index is 1.83. The summed E-state index contributed by atoms with van der Waals surface area (Å²) in [5.74, 6) is 0.424. The van der Waals surface area contributed by atoms with E-state index in [9.17, 15) is 18.0 Å². The van der Waals surface area contributed by atoms with Gasteiger partial charge in [0.25, 0.3) is 5.56 Å². The molecule has 3 rings (SSSR count). The highest BCUT2D eigenvalue weighted by Crippen LogP contribution is 2.19. The van der Waals surface area contributed by atoms with Gasteiger partial charge in [0.1, 0.15) is 11.3 Å². The van der Waals surface area contributed by atoms with Crippen molar-refractivity contribution in [1.29, 1.82) is 0 Å². The molecular formula is C18H23N5O4S. The summed E-state index contributed by atoms with van der Waals surface area (Å²) >= 11 is 0. The highest BCUT2D eigenvalue weighted by Gasteiger charge is 2.18. The van der Waals surface area contributed by atoms with Crippen molar-refractivity contribution in [2.75, 3.05) is 6.54 Å². The highest BCUT2D eigenvalue weighted by atomic mass is 32.2. The zero-order valence-electron chi connectivity index (χ0n) is 16.5. The van der Waals surface area contributed by atoms with Crippen LogP contribution in [0, 0.1) is 20.8 Å². The number of imidazole rings is 1. The molecule has 0 amide bonds. The van der Waals surface area contributed by atoms with Crippen LogP contribution >= 0.6 is 0 Å². The average molecular weight is 405 g/mol. The van der Waals surface area contributed by atoms with Crippen LogP contribution in [-0.2, 0) is 30.5 Å². The van der Waals surface area contributed by atoms with Crippen molar-refractivity contribution in [1.82, 2.24) is 23.8 Å². The van der Waals surface area contributed by atoms with E-state index in [2.05, 4.69) is 14.7 Å². The van der Waals surface area contributed by atoms with Gasteiger partial charge in [-0.15, -0.1) is 0 Å². The molecule has 0 bridgehead atoms. The van der Waals surface area contributed by atoms with Crippen LogP contribution in [0.3, 0.4) is 0 Å². The van der Waals surface area contributed by atoms with Gasteiger partial charge in [-0.05, 0) is 43.5 Å². The molecule has 0 saturated carbocycles. The molecule has 0 atom stereocenters. The first-order valence-corrected chi connectivity index (χ1v) is 10.2. The van der Waals surface area contributed by atoms with Crippen molar-refractivity contribution in [2.24, 2.45) is 14.1 Å². The van der Waals surface area contributed by atoms with Crippen molar-refractivity contribution in [3.05, 3.63) is 55.5 Å². The standard InChI is InChI=1S/C18H23N5O4S/c1-10-8-12(3)13(9-11(10)2)28(26,27)19-7-6-14-20-15-16(21-14)22(4)18(25)23(5)17(15)24/h8-9,19H,6-7H2,1-5H3,(H,20,21). The third kappa shape index (κ3) is 3.40. The number of aryl methyl sites for hydroxylation is 4. The molecular weight excluding hydrogens is 382 g/mol. The summed E-state index contributed by atoms with van der Waals surface area (Å²) in [6.45, 7) is 5.66. The number of nitrogens with one attached hydrogen (secondary N) is 2. The summed E-state index contributed by atoms with van der Waals surface area (Å²) in [5.41, 5.74) is 2.14. The quantitative estimate of drug-likeness (QED) is 0.637. The van der Waals surface area contributed by atoms with Crippen LogP contribution in [-0.4, -0.2) is 34.1 Å². The first-order valence-electron chi connectivity index (χ1n) is 8.75. The molecule has 10 heteroatoms. The summed E-state index contributed by atoms with van der Waals surface area (Å²) in [6, 6.07) is 3.51. The Morgan fingerprint density at radius 2 is 1.68 bits per heavy atom. The van der Waals surface area contributed by atoms with Crippen molar-refractivity contribution in [3.63, 3.8) is 0 Å². The second-order valence-corrected chi connectivity index (χ2v) is 8.67. The topological polar surface area (TPSA) is 119 Å². The third-order valence-electron chi connectivity index (χ3n) is 4.88. The Kier molecular flexibility index (Phi) is 5.02. The average Bonchev–Trinajstić information content (AvgIpc) is 3.05. The lowest BCUT2D eigenvalue weighted by Gasteiger charge is -2.11. The smallest absolute Gasteiger partial charge is 0.332 e. The van der Waals surface area contributed by atoms with Gasteiger partial charge in [-0.2, -0.15) is 0 Å². The van der Waals surface area contributed by atoms with Crippen molar-refractivity contribution >= 4 is 21.2 Å². The summed E-state index contributed by atoms with van der Waals surface area (Å²) in [6.07, 6.45) is 0.245. The molecule has 0 aliphatic carbocycles. The maximum Gasteiger partial charge on any atom is 0.332 e. The van der Waals surface area contributed by atoms with E-state index in [1.807, 2.05) is 19.9 Å². The molecule has 0 saturated heterocycles. The van der Waals surface area contributed by atoms with Crippen LogP contribution in [0.1, 0.15) is 22.5 Å². The lowest BCUT2D eigenvalue weighted by molar-refractivity contribution is 0.580. The number of hydrogen-bond donors (Lipinski definition) is 2. The summed E-state index contributed by atoms with van der Waals surface area (Å²) in [4.78, 5) is 31.6. The van der Waals surface area contributed by atoms with E-state index < -0.39 is 21.3 Å². The molecule has 3 aromatic rings. The molecule has 0 aliphatic heterocycles. The molecule has 0 unspecified atom stereocenters. The van der Waals surface area contributed by atoms with E-state index in [-0.39, 0.29) is 29.0 Å². The number of benzene rings is 1. The molecule has 2 N–H and O–H groups in total. The number of rotatable bonds is 5. The van der Waals surface area contributed by atoms with Crippen LogP contribution in [0.4, 0.5) is 0 Å². The number of aromatic nitrogens is 4. The van der Waals surface area contributed by atoms with Gasteiger partial charge in [-0.3, -0.25) is 13.9 Å². The lowest BCUT2D eigenvalue weighted by Crippen LogP contribution is -2.36. The van der Waals surface area contributed by atoms with E-state index in [4.69, 9.17) is 0 Å². The number of nitrogens with zero attached hydrogens (tertiary/aromatic N) is 3. The van der Waals surface area contributed by atoms with E-state index >= 15 is 0 Å². The van der Waals surface area contributed by atoms with E-state index in [0.717, 1.165) is 15.7 Å². The van der Waals surface area contributed by atoms with Crippen molar-refractivity contribution < 1.29 is 8.42 Å². The zero-order chi connectivity index (χ0) is 20.8. The van der Waals surface area contributed by atoms with Gasteiger partial charge in [-0.25, -0.2) is 22.9 Å². The van der Waals surface area contributed by atoms with Crippen molar-refractivity contribution in [3.8, 4) is 0 Å². The number of sulfonamides is 1. The maximum atomic E-state index is 12.6. The molecule has 0 spiro atoms. The summed E-state index contributed by atoms with van der Waals surface area (Å²) in [7, 11) is -0.752. The van der Waals surface area contributed by atoms with Crippen molar-refractivity contribution in [2.45, 2.75) is 32.1 Å². The van der Waals surface area contributed by atoms with Gasteiger partial charge < -0.3 is 4.98 Å². The SMILES string of the molecule is Cc1cc(C)c(S(=O)(=O)NCCc2nc3c([nH]2)c(=O)n(C)c(=O)n3C)cc1C. The minimum Gasteiger partial charge on any atom is -0.336 e. The first-order chi connectivity index (χ1) is 13.0. The predicted octanol–water partition coefficient (Wildman–Crippen LogP) is 0.407. The highest BCUT2D eigenvalue weighted by molar-refractivity contribution is 7.89. The van der Waals surface area contributed by atoms with Gasteiger partial charge in [0.2, 0.25) is 10.0 Å². The van der Waals surface area contributed by atoms with E-state index in [1.165, 1.54) is 18.7 Å². The first kappa shape index (κ1) is 20.0. The fraction of sp³-hybridized carbons (Fsp3) is 0.389. The fourth-order valence-corrected chi connectivity index (χ4v) is 4.44. The van der Waals surface area contributed by atoms with Crippen LogP contribution < -0.4 is 16.0 Å². The molecule has 9 nitrogen and oxygen atoms in total. The van der Waals surface area contributed by atoms with Gasteiger partial charge >= 0.3 is 5.69 Å². The Hall–Kier alpha value is -2.72. The fourth-order valence-electron chi connectivity index (χ4n) is 3.10. The Morgan fingerprint density at radius 3 is 2.36 bits per heavy atom. The molecule has 28 heavy (non-hydrogen) atoms. The normalized spacial score (nSPS) is 12.0. The minimum absolute atomic E-state index is 0.1000. The molecule has 150 valence electrons. The van der Waals surface area contributed by atoms with Gasteiger partial charge in [0.15, 0.2) is 5.65 Å². The van der Waals surface area contributed by atoms with Gasteiger partial charge in [-0.1, -0.05) is 6.07 Å². The summed E-state index contributed by atoms with van der Waals surface area (Å²) in [5, 5.41) is 0. The van der Waals surface area contributed by atoms with E-state index in [0.29, 0.717) is 11.4 Å². The molecule has 0 aliphatic rings. The number of aromatic amines is 1. The molecule has 1 aromatic carbocycles. The van der Waals surface area contributed by atoms with Crippen LogP contribution in [0.5, 0.6) is 0 Å². The summed E-state index contributed by atoms with van der Waals surface area (Å²) < 4.78 is 30.1. The van der Waals surface area contributed by atoms with Gasteiger partial charge in [0, 0.05) is 27.1 Å². The maximum absolute atomic E-state index is 12.6. The Bertz CT molecular complexity index is 1300. The van der Waals surface area contributed by atoms with Crippen LogP contribution in [0.15, 0.2) is 26.6 Å². The largest absolute Gasteiger partial charge is 0.336 e. The lowest BCUT2D eigenvalue weighted by atomic mass is 10.1. The predicted molar refractivity (Wildman–Crippen MR) is 106 cm³/mol. The Morgan fingerprint density at radius 1 is 1.04 bits per heavy atom. The second-order valence-electron chi connectivity index (χ2n) is 6.94. The molecule has 0 fully saturated rings. The monoisotopic (exact) mass is 405 g/mol. The Labute approximate surface area is 162 Å².